The van der Waals surface area contributed by atoms with Crippen LogP contribution >= 0.6 is 0 Å². The van der Waals surface area contributed by atoms with E-state index in [1.165, 1.54) is 0 Å². The number of nitrogens with one attached hydrogen (secondary N) is 1. The van der Waals surface area contributed by atoms with E-state index in [0.717, 1.165) is 55.2 Å². The summed E-state index contributed by atoms with van der Waals surface area (Å²) >= 11 is 0. The number of hydrogen-bond donors (Lipinski definition) is 1. The molecule has 6 heteroatoms. The molecule has 1 saturated heterocycles. The highest BCUT2D eigenvalue weighted by atomic mass is 16.5. The molecular weight excluding hydrogens is 314 g/mol. The zero-order valence-corrected chi connectivity index (χ0v) is 14.9. The Labute approximate surface area is 147 Å². The Kier molecular flexibility index (Phi) is 4.55. The van der Waals surface area contributed by atoms with Crippen molar-refractivity contribution in [1.82, 2.24) is 24.4 Å². The number of nitrogens with zero attached hydrogens (tertiary/aromatic N) is 4. The van der Waals surface area contributed by atoms with Gasteiger partial charge < -0.3 is 19.2 Å². The number of hydrogen-bond acceptors (Lipinski definition) is 4. The number of aryl methyl sites for hydroxylation is 2. The van der Waals surface area contributed by atoms with Gasteiger partial charge in [0.05, 0.1) is 17.6 Å². The van der Waals surface area contributed by atoms with Crippen LogP contribution in [0, 0.1) is 0 Å². The Hall–Kier alpha value is -2.18. The van der Waals surface area contributed by atoms with Crippen LogP contribution in [0.5, 0.6) is 0 Å². The summed E-state index contributed by atoms with van der Waals surface area (Å²) in [5.74, 6) is 2.06. The molecule has 0 aliphatic carbocycles. The van der Waals surface area contributed by atoms with Crippen LogP contribution in [-0.4, -0.2) is 31.8 Å². The van der Waals surface area contributed by atoms with E-state index in [0.29, 0.717) is 0 Å². The van der Waals surface area contributed by atoms with Gasteiger partial charge in [0.25, 0.3) is 0 Å². The quantitative estimate of drug-likeness (QED) is 0.777. The second-order valence-corrected chi connectivity index (χ2v) is 6.57. The van der Waals surface area contributed by atoms with Crippen molar-refractivity contribution >= 4 is 11.0 Å². The Bertz CT molecular complexity index is 852. The first-order chi connectivity index (χ1) is 12.3. The zero-order valence-electron chi connectivity index (χ0n) is 14.9. The lowest BCUT2D eigenvalue weighted by atomic mass is 10.0. The molecule has 1 aliphatic rings. The van der Waals surface area contributed by atoms with Crippen LogP contribution < -0.4 is 5.32 Å². The summed E-state index contributed by atoms with van der Waals surface area (Å²) in [6.45, 7) is 4.57. The summed E-state index contributed by atoms with van der Waals surface area (Å²) in [4.78, 5) is 9.30. The molecule has 0 amide bonds. The summed E-state index contributed by atoms with van der Waals surface area (Å²) in [6, 6.07) is 8.50. The number of fused-ring (bicyclic) bond motifs is 1. The summed E-state index contributed by atoms with van der Waals surface area (Å²) in [5, 5.41) is 3.67. The van der Waals surface area contributed by atoms with Crippen molar-refractivity contribution in [2.45, 2.75) is 45.0 Å². The third-order valence-corrected chi connectivity index (χ3v) is 5.07. The summed E-state index contributed by atoms with van der Waals surface area (Å²) in [7, 11) is 2.07. The van der Waals surface area contributed by atoms with Gasteiger partial charge in [-0.2, -0.15) is 0 Å². The molecule has 3 aromatic rings. The van der Waals surface area contributed by atoms with Gasteiger partial charge in [0.1, 0.15) is 17.8 Å². The molecule has 0 unspecified atom stereocenters. The Morgan fingerprint density at radius 2 is 2.20 bits per heavy atom. The predicted molar refractivity (Wildman–Crippen MR) is 97.2 cm³/mol. The second kappa shape index (κ2) is 6.98. The van der Waals surface area contributed by atoms with Gasteiger partial charge in [-0.25, -0.2) is 9.97 Å². The molecule has 3 heterocycles. The van der Waals surface area contributed by atoms with Gasteiger partial charge in [0.2, 0.25) is 0 Å². The van der Waals surface area contributed by atoms with Crippen molar-refractivity contribution in [2.75, 3.05) is 6.61 Å². The SMILES string of the molecule is CCn1ccnc1[C@H]1OCCC[C@@H]1NCc1nc2ccccc2n1C. The first-order valence-corrected chi connectivity index (χ1v) is 9.04. The van der Waals surface area contributed by atoms with Gasteiger partial charge in [-0.3, -0.25) is 0 Å². The molecule has 0 spiro atoms. The molecular formula is C19H25N5O. The number of imidazole rings is 2. The number of ether oxygens (including phenoxy) is 1. The summed E-state index contributed by atoms with van der Waals surface area (Å²) < 4.78 is 10.4. The molecule has 1 fully saturated rings. The van der Waals surface area contributed by atoms with Crippen LogP contribution in [0.15, 0.2) is 36.7 Å². The topological polar surface area (TPSA) is 56.9 Å². The van der Waals surface area contributed by atoms with E-state index in [9.17, 15) is 0 Å². The first-order valence-electron chi connectivity index (χ1n) is 9.04. The van der Waals surface area contributed by atoms with Gasteiger partial charge >= 0.3 is 0 Å². The van der Waals surface area contributed by atoms with Crippen molar-refractivity contribution in [2.24, 2.45) is 7.05 Å². The fourth-order valence-corrected chi connectivity index (χ4v) is 3.67. The van der Waals surface area contributed by atoms with E-state index >= 15 is 0 Å². The van der Waals surface area contributed by atoms with Crippen LogP contribution in [0.4, 0.5) is 0 Å². The highest BCUT2D eigenvalue weighted by molar-refractivity contribution is 5.75. The predicted octanol–water partition coefficient (Wildman–Crippen LogP) is 2.80. The summed E-state index contributed by atoms with van der Waals surface area (Å²) in [5.41, 5.74) is 2.21. The minimum absolute atomic E-state index is 0.00150. The molecule has 0 radical (unpaired) electrons. The molecule has 0 saturated carbocycles. The number of para-hydroxylation sites is 2. The van der Waals surface area contributed by atoms with Gasteiger partial charge in [0.15, 0.2) is 0 Å². The number of rotatable bonds is 5. The smallest absolute Gasteiger partial charge is 0.139 e. The van der Waals surface area contributed by atoms with Crippen molar-refractivity contribution in [3.05, 3.63) is 48.3 Å². The first kappa shape index (κ1) is 16.3. The molecule has 25 heavy (non-hydrogen) atoms. The highest BCUT2D eigenvalue weighted by Gasteiger charge is 2.30. The van der Waals surface area contributed by atoms with Crippen LogP contribution in [0.3, 0.4) is 0 Å². The maximum atomic E-state index is 6.08. The van der Waals surface area contributed by atoms with Crippen molar-refractivity contribution in [1.29, 1.82) is 0 Å². The number of aromatic nitrogens is 4. The van der Waals surface area contributed by atoms with Crippen LogP contribution in [0.25, 0.3) is 11.0 Å². The van der Waals surface area contributed by atoms with E-state index < -0.39 is 0 Å². The molecule has 6 nitrogen and oxygen atoms in total. The van der Waals surface area contributed by atoms with E-state index in [2.05, 4.69) is 51.6 Å². The third-order valence-electron chi connectivity index (χ3n) is 5.07. The maximum Gasteiger partial charge on any atom is 0.139 e. The molecule has 0 bridgehead atoms. The molecule has 132 valence electrons. The molecule has 1 aromatic carbocycles. The lowest BCUT2D eigenvalue weighted by molar-refractivity contribution is -0.0184. The monoisotopic (exact) mass is 339 g/mol. The van der Waals surface area contributed by atoms with Gasteiger partial charge in [-0.15, -0.1) is 0 Å². The molecule has 1 aliphatic heterocycles. The second-order valence-electron chi connectivity index (χ2n) is 6.57. The fraction of sp³-hybridized carbons (Fsp3) is 0.474. The highest BCUT2D eigenvalue weighted by Crippen LogP contribution is 2.28. The van der Waals surface area contributed by atoms with Crippen LogP contribution in [0.1, 0.15) is 37.5 Å². The van der Waals surface area contributed by atoms with Crippen molar-refractivity contribution in [3.63, 3.8) is 0 Å². The van der Waals surface area contributed by atoms with E-state index in [1.54, 1.807) is 0 Å². The standard InChI is InChI=1S/C19H25N5O/c1-3-24-11-10-20-19(24)18-15(8-6-12-25-18)21-13-17-22-14-7-4-5-9-16(14)23(17)2/h4-5,7,9-11,15,18,21H,3,6,8,12-13H2,1-2H3/t15-,18-/m0/s1. The molecule has 2 atom stereocenters. The largest absolute Gasteiger partial charge is 0.369 e. The fourth-order valence-electron chi connectivity index (χ4n) is 3.67. The van der Waals surface area contributed by atoms with E-state index in [1.807, 2.05) is 18.5 Å². The number of benzene rings is 1. The van der Waals surface area contributed by atoms with Gasteiger partial charge in [-0.1, -0.05) is 12.1 Å². The Balaban J connectivity index is 1.52. The third kappa shape index (κ3) is 3.07. The van der Waals surface area contributed by atoms with Gasteiger partial charge in [-0.05, 0) is 31.9 Å². The Morgan fingerprint density at radius 1 is 1.32 bits per heavy atom. The van der Waals surface area contributed by atoms with Gasteiger partial charge in [0, 0.05) is 38.6 Å². The molecule has 1 N–H and O–H groups in total. The van der Waals surface area contributed by atoms with Crippen molar-refractivity contribution < 1.29 is 4.74 Å². The lowest BCUT2D eigenvalue weighted by Gasteiger charge is -2.32. The van der Waals surface area contributed by atoms with E-state index in [-0.39, 0.29) is 12.1 Å². The minimum Gasteiger partial charge on any atom is -0.369 e. The normalized spacial score (nSPS) is 21.0. The summed E-state index contributed by atoms with van der Waals surface area (Å²) in [6.07, 6.45) is 6.04. The molecule has 2 aromatic heterocycles. The zero-order chi connectivity index (χ0) is 17.2. The van der Waals surface area contributed by atoms with Crippen molar-refractivity contribution in [3.8, 4) is 0 Å². The Morgan fingerprint density at radius 3 is 3.04 bits per heavy atom. The lowest BCUT2D eigenvalue weighted by Crippen LogP contribution is -2.40. The average Bonchev–Trinajstić information content (AvgIpc) is 3.25. The average molecular weight is 339 g/mol. The minimum atomic E-state index is -0.00150. The molecule has 4 rings (SSSR count). The van der Waals surface area contributed by atoms with E-state index in [4.69, 9.17) is 9.72 Å². The maximum absolute atomic E-state index is 6.08. The van der Waals surface area contributed by atoms with Crippen LogP contribution in [-0.2, 0) is 24.9 Å². The van der Waals surface area contributed by atoms with Crippen LogP contribution in [0.2, 0.25) is 0 Å².